The van der Waals surface area contributed by atoms with Gasteiger partial charge in [-0.3, -0.25) is 4.79 Å². The summed E-state index contributed by atoms with van der Waals surface area (Å²) < 4.78 is 60.4. The van der Waals surface area contributed by atoms with E-state index >= 15 is 0 Å². The quantitative estimate of drug-likeness (QED) is 0.445. The SMILES string of the molecule is CCC(Nc1ccc(C(=O)OC)cc1F)c1cc2c(=O)[nH]c(C)nc2cc1C(F)(F)F. The lowest BCUT2D eigenvalue weighted by molar-refractivity contribution is -0.138. The number of aromatic nitrogens is 2. The lowest BCUT2D eigenvalue weighted by Crippen LogP contribution is -2.19. The van der Waals surface area contributed by atoms with Crippen LogP contribution in [-0.4, -0.2) is 23.0 Å². The van der Waals surface area contributed by atoms with E-state index in [9.17, 15) is 27.2 Å². The summed E-state index contributed by atoms with van der Waals surface area (Å²) >= 11 is 0. The van der Waals surface area contributed by atoms with Crippen molar-refractivity contribution in [1.29, 1.82) is 0 Å². The molecule has 2 N–H and O–H groups in total. The first-order chi connectivity index (χ1) is 14.5. The number of carbonyl (C=O) groups excluding carboxylic acids is 1. The average Bonchev–Trinajstić information content (AvgIpc) is 2.70. The lowest BCUT2D eigenvalue weighted by Gasteiger charge is -2.23. The summed E-state index contributed by atoms with van der Waals surface area (Å²) in [7, 11) is 1.15. The molecule has 10 heteroatoms. The molecule has 0 saturated carbocycles. The van der Waals surface area contributed by atoms with Gasteiger partial charge in [0.15, 0.2) is 0 Å². The molecule has 0 saturated heterocycles. The van der Waals surface area contributed by atoms with Crippen molar-refractivity contribution in [2.75, 3.05) is 12.4 Å². The highest BCUT2D eigenvalue weighted by molar-refractivity contribution is 5.89. The van der Waals surface area contributed by atoms with Gasteiger partial charge in [-0.2, -0.15) is 13.2 Å². The van der Waals surface area contributed by atoms with Gasteiger partial charge < -0.3 is 15.0 Å². The molecule has 31 heavy (non-hydrogen) atoms. The largest absolute Gasteiger partial charge is 0.465 e. The van der Waals surface area contributed by atoms with Gasteiger partial charge in [-0.15, -0.1) is 0 Å². The predicted molar refractivity (Wildman–Crippen MR) is 106 cm³/mol. The summed E-state index contributed by atoms with van der Waals surface area (Å²) in [5.74, 6) is -1.38. The smallest absolute Gasteiger partial charge is 0.416 e. The molecule has 1 unspecified atom stereocenters. The number of nitrogens with one attached hydrogen (secondary N) is 2. The number of aromatic amines is 1. The molecule has 0 aliphatic rings. The zero-order chi connectivity index (χ0) is 22.9. The van der Waals surface area contributed by atoms with E-state index in [4.69, 9.17) is 0 Å². The van der Waals surface area contributed by atoms with E-state index < -0.39 is 35.1 Å². The fourth-order valence-corrected chi connectivity index (χ4v) is 3.32. The van der Waals surface area contributed by atoms with Crippen LogP contribution >= 0.6 is 0 Å². The van der Waals surface area contributed by atoms with Crippen LogP contribution < -0.4 is 10.9 Å². The number of benzene rings is 2. The van der Waals surface area contributed by atoms with Crippen LogP contribution in [0.15, 0.2) is 35.1 Å². The molecule has 1 atom stereocenters. The molecule has 1 aromatic heterocycles. The fourth-order valence-electron chi connectivity index (χ4n) is 3.32. The second-order valence-corrected chi connectivity index (χ2v) is 6.90. The van der Waals surface area contributed by atoms with Gasteiger partial charge in [-0.05, 0) is 49.2 Å². The Hall–Kier alpha value is -3.43. The minimum atomic E-state index is -4.72. The van der Waals surface area contributed by atoms with Crippen molar-refractivity contribution in [2.24, 2.45) is 0 Å². The topological polar surface area (TPSA) is 84.1 Å². The molecule has 164 valence electrons. The summed E-state index contributed by atoms with van der Waals surface area (Å²) in [5.41, 5.74) is -1.96. The van der Waals surface area contributed by atoms with Crippen LogP contribution in [0.3, 0.4) is 0 Å². The molecule has 0 spiro atoms. The van der Waals surface area contributed by atoms with E-state index in [2.05, 4.69) is 20.0 Å². The van der Waals surface area contributed by atoms with E-state index in [0.29, 0.717) is 0 Å². The summed E-state index contributed by atoms with van der Waals surface area (Å²) in [6.07, 6.45) is -4.56. The van der Waals surface area contributed by atoms with Gasteiger partial charge in [-0.1, -0.05) is 6.92 Å². The first-order valence-electron chi connectivity index (χ1n) is 9.31. The third-order valence-corrected chi connectivity index (χ3v) is 4.80. The van der Waals surface area contributed by atoms with Gasteiger partial charge in [0.1, 0.15) is 11.6 Å². The summed E-state index contributed by atoms with van der Waals surface area (Å²) in [4.78, 5) is 30.3. The van der Waals surface area contributed by atoms with Crippen molar-refractivity contribution >= 4 is 22.6 Å². The van der Waals surface area contributed by atoms with Gasteiger partial charge in [0.05, 0.1) is 40.9 Å². The van der Waals surface area contributed by atoms with Crippen LogP contribution in [0.2, 0.25) is 0 Å². The van der Waals surface area contributed by atoms with Gasteiger partial charge in [0.2, 0.25) is 0 Å². The van der Waals surface area contributed by atoms with E-state index in [1.807, 2.05) is 0 Å². The van der Waals surface area contributed by atoms with Gasteiger partial charge >= 0.3 is 12.1 Å². The van der Waals surface area contributed by atoms with Crippen molar-refractivity contribution < 1.29 is 27.1 Å². The summed E-state index contributed by atoms with van der Waals surface area (Å²) in [6.45, 7) is 3.10. The molecule has 0 amide bonds. The number of rotatable bonds is 5. The fraction of sp³-hybridized carbons (Fsp3) is 0.286. The number of hydrogen-bond acceptors (Lipinski definition) is 5. The summed E-state index contributed by atoms with van der Waals surface area (Å²) in [5, 5.41) is 2.74. The Morgan fingerprint density at radius 1 is 1.26 bits per heavy atom. The number of H-pyrrole nitrogens is 1. The zero-order valence-corrected chi connectivity index (χ0v) is 16.9. The minimum absolute atomic E-state index is 0.00430. The molecule has 3 aromatic rings. The maximum Gasteiger partial charge on any atom is 0.416 e. The molecule has 0 aliphatic carbocycles. The monoisotopic (exact) mass is 437 g/mol. The third kappa shape index (κ3) is 4.52. The molecule has 0 bridgehead atoms. The van der Waals surface area contributed by atoms with E-state index in [1.54, 1.807) is 6.92 Å². The highest BCUT2D eigenvalue weighted by Crippen LogP contribution is 2.38. The highest BCUT2D eigenvalue weighted by atomic mass is 19.4. The predicted octanol–water partition coefficient (Wildman–Crippen LogP) is 4.74. The van der Waals surface area contributed by atoms with Crippen LogP contribution in [0.5, 0.6) is 0 Å². The third-order valence-electron chi connectivity index (χ3n) is 4.80. The molecule has 1 heterocycles. The number of methoxy groups -OCH3 is 1. The van der Waals surface area contributed by atoms with Crippen molar-refractivity contribution in [3.8, 4) is 0 Å². The Morgan fingerprint density at radius 2 is 1.97 bits per heavy atom. The number of hydrogen-bond donors (Lipinski definition) is 2. The standard InChI is InChI=1S/C21H19F4N3O3/c1-4-16(28-17-6-5-11(7-15(17)22)20(30)31-3)12-8-13-18(9-14(12)21(23,24)25)26-10(2)27-19(13)29/h5-9,16,28H,4H2,1-3H3,(H,26,27,29). The molecular weight excluding hydrogens is 418 g/mol. The van der Waals surface area contributed by atoms with Gasteiger partial charge in [0.25, 0.3) is 5.56 Å². The Balaban J connectivity index is 2.11. The van der Waals surface area contributed by atoms with Crippen molar-refractivity contribution in [3.63, 3.8) is 0 Å². The molecule has 3 rings (SSSR count). The van der Waals surface area contributed by atoms with Crippen LogP contribution in [-0.2, 0) is 10.9 Å². The number of halogens is 4. The maximum atomic E-state index is 14.5. The van der Waals surface area contributed by atoms with Crippen molar-refractivity contribution in [1.82, 2.24) is 9.97 Å². The molecule has 0 radical (unpaired) electrons. The summed E-state index contributed by atoms with van der Waals surface area (Å²) in [6, 6.07) is 4.46. The second-order valence-electron chi connectivity index (χ2n) is 6.90. The number of ether oxygens (including phenoxy) is 1. The van der Waals surface area contributed by atoms with E-state index in [0.717, 1.165) is 25.3 Å². The Bertz CT molecular complexity index is 1200. The second kappa shape index (κ2) is 8.37. The Labute approximate surface area is 174 Å². The van der Waals surface area contributed by atoms with Crippen LogP contribution in [0.4, 0.5) is 23.2 Å². The first kappa shape index (κ1) is 22.3. The average molecular weight is 437 g/mol. The number of fused-ring (bicyclic) bond motifs is 1. The number of carbonyl (C=O) groups is 1. The van der Waals surface area contributed by atoms with Crippen molar-refractivity contribution in [2.45, 2.75) is 32.5 Å². The molecule has 0 aliphatic heterocycles. The van der Waals surface area contributed by atoms with Gasteiger partial charge in [-0.25, -0.2) is 14.2 Å². The van der Waals surface area contributed by atoms with E-state index in [-0.39, 0.29) is 40.0 Å². The van der Waals surface area contributed by atoms with Crippen LogP contribution in [0.1, 0.15) is 46.7 Å². The zero-order valence-electron chi connectivity index (χ0n) is 16.9. The van der Waals surface area contributed by atoms with Crippen LogP contribution in [0, 0.1) is 12.7 Å². The normalized spacial score (nSPS) is 12.6. The van der Waals surface area contributed by atoms with Crippen LogP contribution in [0.25, 0.3) is 10.9 Å². The number of esters is 1. The molecule has 2 aromatic carbocycles. The van der Waals surface area contributed by atoms with Gasteiger partial charge in [0, 0.05) is 0 Å². The number of nitrogens with zero attached hydrogens (tertiary/aromatic N) is 1. The highest BCUT2D eigenvalue weighted by Gasteiger charge is 2.36. The lowest BCUT2D eigenvalue weighted by atomic mass is 9.95. The molecule has 6 nitrogen and oxygen atoms in total. The maximum absolute atomic E-state index is 14.5. The number of alkyl halides is 3. The minimum Gasteiger partial charge on any atom is -0.465 e. The van der Waals surface area contributed by atoms with E-state index in [1.165, 1.54) is 19.1 Å². The molecular formula is C21H19F4N3O3. The Morgan fingerprint density at radius 3 is 2.55 bits per heavy atom. The number of anilines is 1. The Kier molecular flexibility index (Phi) is 6.01. The number of aryl methyl sites for hydroxylation is 1. The molecule has 0 fully saturated rings. The first-order valence-corrected chi connectivity index (χ1v) is 9.31. The van der Waals surface area contributed by atoms with Crippen molar-refractivity contribution in [3.05, 3.63) is 69.0 Å².